The summed E-state index contributed by atoms with van der Waals surface area (Å²) in [6.07, 6.45) is 0. The minimum Gasteiger partial charge on any atom is -1.00 e. The third kappa shape index (κ3) is 8.68. The van der Waals surface area contributed by atoms with Crippen molar-refractivity contribution in [1.29, 1.82) is 5.41 Å². The average Bonchev–Trinajstić information content (AvgIpc) is 2.26. The molecule has 0 saturated carbocycles. The topological polar surface area (TPSA) is 49.9 Å². The highest BCUT2D eigenvalue weighted by Crippen LogP contribution is 2.16. The highest BCUT2D eigenvalue weighted by Gasteiger charge is 2.21. The molecule has 108 valence electrons. The zero-order valence-electron chi connectivity index (χ0n) is 11.3. The maximum absolute atomic E-state index is 7.21. The number of halogens is 2. The molecule has 1 atom stereocenters. The molecule has 3 nitrogen and oxygen atoms in total. The summed E-state index contributed by atoms with van der Waals surface area (Å²) >= 11 is 5.06. The number of nitrogens with two attached hydrogens (primary N) is 1. The molecule has 1 unspecified atom stereocenters. The third-order valence-corrected chi connectivity index (χ3v) is 4.49. The lowest BCUT2D eigenvalue weighted by Gasteiger charge is -2.31. The Bertz CT molecular complexity index is 385. The summed E-state index contributed by atoms with van der Waals surface area (Å²) in [4.78, 5) is 0.366. The van der Waals surface area contributed by atoms with Crippen molar-refractivity contribution in [2.75, 3.05) is 26.4 Å². The summed E-state index contributed by atoms with van der Waals surface area (Å²) in [6, 6.07) is 10.5. The predicted molar refractivity (Wildman–Crippen MR) is 84.2 cm³/mol. The van der Waals surface area contributed by atoms with E-state index in [0.29, 0.717) is 4.83 Å². The Kier molecular flexibility index (Phi) is 8.98. The van der Waals surface area contributed by atoms with E-state index in [4.69, 9.17) is 11.1 Å². The van der Waals surface area contributed by atoms with E-state index < -0.39 is 0 Å². The molecule has 0 saturated heterocycles. The fourth-order valence-corrected chi connectivity index (χ4v) is 3.56. The lowest BCUT2D eigenvalue weighted by molar-refractivity contribution is -0.902. The first-order valence-corrected chi connectivity index (χ1v) is 7.76. The molecular weight excluding hydrogens is 390 g/mol. The number of quaternary nitrogens is 1. The van der Waals surface area contributed by atoms with E-state index in [1.54, 1.807) is 0 Å². The summed E-state index contributed by atoms with van der Waals surface area (Å²) in [5.74, 6) is 0.839. The molecule has 0 bridgehead atoms. The normalized spacial score (nSPS) is 12.6. The highest BCUT2D eigenvalue weighted by molar-refractivity contribution is 9.09. The Morgan fingerprint density at radius 2 is 1.95 bits per heavy atom. The van der Waals surface area contributed by atoms with Gasteiger partial charge >= 0.3 is 0 Å². The van der Waals surface area contributed by atoms with Crippen molar-refractivity contribution < 1.29 is 21.5 Å². The fourth-order valence-electron chi connectivity index (χ4n) is 1.91. The van der Waals surface area contributed by atoms with E-state index in [1.165, 1.54) is 17.3 Å². The summed E-state index contributed by atoms with van der Waals surface area (Å²) in [5.41, 5.74) is 6.70. The third-order valence-electron chi connectivity index (χ3n) is 2.57. The number of nitrogens with zero attached hydrogens (tertiary/aromatic N) is 1. The Hall–Kier alpha value is -0.0400. The lowest BCUT2D eigenvalue weighted by Crippen LogP contribution is -3.00. The predicted octanol–water partition coefficient (Wildman–Crippen LogP) is -0.343. The number of alkyl halides is 1. The molecule has 0 heterocycles. The monoisotopic (exact) mass is 409 g/mol. The molecule has 6 heteroatoms. The number of hydrogen-bond acceptors (Lipinski definition) is 2. The molecule has 19 heavy (non-hydrogen) atoms. The van der Waals surface area contributed by atoms with Crippen LogP contribution < -0.4 is 22.7 Å². The first-order valence-electron chi connectivity index (χ1n) is 5.86. The van der Waals surface area contributed by atoms with E-state index >= 15 is 0 Å². The summed E-state index contributed by atoms with van der Waals surface area (Å²) in [7, 11) is 4.44. The summed E-state index contributed by atoms with van der Waals surface area (Å²) in [5, 5.41) is 7.40. The molecule has 0 radical (unpaired) electrons. The second-order valence-corrected chi connectivity index (χ2v) is 7.39. The van der Waals surface area contributed by atoms with Gasteiger partial charge in [-0.3, -0.25) is 5.41 Å². The van der Waals surface area contributed by atoms with Gasteiger partial charge in [0.15, 0.2) is 5.17 Å². The van der Waals surface area contributed by atoms with Gasteiger partial charge in [0.25, 0.3) is 0 Å². The lowest BCUT2D eigenvalue weighted by atomic mass is 10.2. The summed E-state index contributed by atoms with van der Waals surface area (Å²) < 4.78 is 0.915. The standard InChI is InChI=1S/C13H21BrN3S.BrH/c1-17(2,8-11-6-4-3-5-7-11)9-12(14)10-18-13(15)16;/h3-7,12H,8-10H2,1-2H3,(H3,15,16);1H/q+1;/p-1. The van der Waals surface area contributed by atoms with Crippen LogP contribution in [0.25, 0.3) is 0 Å². The number of benzene rings is 1. The molecule has 1 aromatic rings. The van der Waals surface area contributed by atoms with Gasteiger partial charge in [-0.1, -0.05) is 58.0 Å². The largest absolute Gasteiger partial charge is 1.00 e. The van der Waals surface area contributed by atoms with Gasteiger partial charge in [0.2, 0.25) is 0 Å². The van der Waals surface area contributed by atoms with Crippen molar-refractivity contribution >= 4 is 32.9 Å². The Balaban J connectivity index is 0.00000324. The average molecular weight is 411 g/mol. The van der Waals surface area contributed by atoms with Gasteiger partial charge in [-0.15, -0.1) is 0 Å². The maximum atomic E-state index is 7.21. The van der Waals surface area contributed by atoms with Crippen LogP contribution in [0.1, 0.15) is 5.56 Å². The van der Waals surface area contributed by atoms with Crippen LogP contribution in [0.2, 0.25) is 0 Å². The zero-order chi connectivity index (χ0) is 13.6. The number of hydrogen-bond donors (Lipinski definition) is 2. The van der Waals surface area contributed by atoms with E-state index in [2.05, 4.69) is 54.3 Å². The molecular formula is C13H21Br2N3S. The van der Waals surface area contributed by atoms with Crippen LogP contribution in [0.3, 0.4) is 0 Å². The van der Waals surface area contributed by atoms with Crippen molar-refractivity contribution in [3.05, 3.63) is 35.9 Å². The SMILES string of the molecule is C[N+](C)(Cc1ccccc1)CC(Br)CSC(=N)N.[Br-]. The van der Waals surface area contributed by atoms with Crippen LogP contribution in [0, 0.1) is 5.41 Å². The number of nitrogens with one attached hydrogen (secondary N) is 1. The van der Waals surface area contributed by atoms with E-state index in [0.717, 1.165) is 23.3 Å². The van der Waals surface area contributed by atoms with Crippen LogP contribution in [-0.4, -0.2) is 40.9 Å². The van der Waals surface area contributed by atoms with Crippen LogP contribution in [0.15, 0.2) is 30.3 Å². The Morgan fingerprint density at radius 3 is 2.47 bits per heavy atom. The van der Waals surface area contributed by atoms with Gasteiger partial charge in [-0.05, 0) is 0 Å². The van der Waals surface area contributed by atoms with Crippen molar-refractivity contribution in [3.8, 4) is 0 Å². The number of rotatable bonds is 6. The molecule has 0 aliphatic carbocycles. The first-order chi connectivity index (χ1) is 8.39. The quantitative estimate of drug-likeness (QED) is 0.291. The Labute approximate surface area is 138 Å². The van der Waals surface area contributed by atoms with E-state index in [-0.39, 0.29) is 22.1 Å². The number of thioether (sulfide) groups is 1. The molecule has 0 aliphatic heterocycles. The summed E-state index contributed by atoms with van der Waals surface area (Å²) in [6.45, 7) is 2.02. The van der Waals surface area contributed by atoms with Gasteiger partial charge < -0.3 is 27.2 Å². The van der Waals surface area contributed by atoms with Crippen LogP contribution in [0.5, 0.6) is 0 Å². The molecule has 0 fully saturated rings. The van der Waals surface area contributed by atoms with Crippen molar-refractivity contribution in [3.63, 3.8) is 0 Å². The molecule has 0 amide bonds. The van der Waals surface area contributed by atoms with E-state index in [1.807, 2.05) is 6.07 Å². The van der Waals surface area contributed by atoms with Gasteiger partial charge in [0, 0.05) is 11.3 Å². The van der Waals surface area contributed by atoms with Crippen LogP contribution in [-0.2, 0) is 6.54 Å². The van der Waals surface area contributed by atoms with Gasteiger partial charge in [0.1, 0.15) is 6.54 Å². The van der Waals surface area contributed by atoms with Crippen molar-refractivity contribution in [1.82, 2.24) is 0 Å². The van der Waals surface area contributed by atoms with Gasteiger partial charge in [0.05, 0.1) is 25.5 Å². The van der Waals surface area contributed by atoms with Crippen LogP contribution in [0.4, 0.5) is 0 Å². The molecule has 1 aromatic carbocycles. The molecule has 0 aliphatic rings. The Morgan fingerprint density at radius 1 is 1.37 bits per heavy atom. The van der Waals surface area contributed by atoms with Crippen molar-refractivity contribution in [2.45, 2.75) is 11.4 Å². The molecule has 1 rings (SSSR count). The molecule has 0 spiro atoms. The zero-order valence-corrected chi connectivity index (χ0v) is 15.3. The second-order valence-electron chi connectivity index (χ2n) is 5.03. The highest BCUT2D eigenvalue weighted by atomic mass is 79.9. The second kappa shape index (κ2) is 9.00. The minimum absolute atomic E-state index is 0. The minimum atomic E-state index is 0. The van der Waals surface area contributed by atoms with Gasteiger partial charge in [-0.2, -0.15) is 0 Å². The van der Waals surface area contributed by atoms with Gasteiger partial charge in [-0.25, -0.2) is 0 Å². The van der Waals surface area contributed by atoms with Crippen LogP contribution >= 0.6 is 27.7 Å². The smallest absolute Gasteiger partial charge is 0.151 e. The van der Waals surface area contributed by atoms with E-state index in [9.17, 15) is 0 Å². The van der Waals surface area contributed by atoms with Crippen molar-refractivity contribution in [2.24, 2.45) is 5.73 Å². The molecule has 3 N–H and O–H groups in total. The molecule has 0 aromatic heterocycles. The number of amidine groups is 1. The maximum Gasteiger partial charge on any atom is 0.151 e. The first kappa shape index (κ1) is 19.0. The fraction of sp³-hybridized carbons (Fsp3) is 0.462.